The number of benzene rings is 4. The van der Waals surface area contributed by atoms with Gasteiger partial charge in [0.15, 0.2) is 0 Å². The Hall–Kier alpha value is -4.26. The molecular weight excluding hydrogens is 808 g/mol. The molecule has 0 atom stereocenters. The van der Waals surface area contributed by atoms with Crippen molar-refractivity contribution in [2.45, 2.75) is 13.1 Å². The van der Waals surface area contributed by atoms with E-state index in [0.29, 0.717) is 11.9 Å². The minimum atomic E-state index is 0. The zero-order valence-corrected chi connectivity index (χ0v) is 36.5. The molecule has 2 aromatic heterocycles. The molecule has 6 aromatic rings. The number of anilines is 2. The van der Waals surface area contributed by atoms with Crippen LogP contribution in [0.2, 0.25) is 0 Å². The van der Waals surface area contributed by atoms with Gasteiger partial charge in [0.1, 0.15) is 14.1 Å². The molecule has 4 aromatic carbocycles. The molecule has 0 amide bonds. The van der Waals surface area contributed by atoms with Gasteiger partial charge in [0.05, 0.1) is 25.5 Å². The van der Waals surface area contributed by atoms with Crippen molar-refractivity contribution in [3.8, 4) is 0 Å². The van der Waals surface area contributed by atoms with E-state index in [2.05, 4.69) is 127 Å². The van der Waals surface area contributed by atoms with Crippen LogP contribution in [0.15, 0.2) is 142 Å². The van der Waals surface area contributed by atoms with Crippen LogP contribution in [0.4, 0.5) is 34.6 Å². The van der Waals surface area contributed by atoms with E-state index in [1.807, 2.05) is 83.3 Å². The summed E-state index contributed by atoms with van der Waals surface area (Å²) in [7, 11) is 11.8. The van der Waals surface area contributed by atoms with Crippen LogP contribution >= 0.6 is 0 Å². The van der Waals surface area contributed by atoms with Crippen LogP contribution in [0, 0.1) is 0 Å². The van der Waals surface area contributed by atoms with Gasteiger partial charge in [0, 0.05) is 38.6 Å². The molecule has 0 aliphatic carbocycles. The number of halogens is 4. The van der Waals surface area contributed by atoms with Gasteiger partial charge >= 0.3 is 44.0 Å². The summed E-state index contributed by atoms with van der Waals surface area (Å²) in [6.07, 6.45) is 3.41. The summed E-state index contributed by atoms with van der Waals surface area (Å²) in [5, 5.41) is 16.9. The molecule has 0 aliphatic heterocycles. The Balaban J connectivity index is 0.000000932. The van der Waals surface area contributed by atoms with Gasteiger partial charge in [0.2, 0.25) is 0 Å². The predicted octanol–water partition coefficient (Wildman–Crippen LogP) is -5.39. The number of azo groups is 2. The average Bonchev–Trinajstić information content (AvgIpc) is 3.62. The molecule has 0 saturated carbocycles. The molecule has 53 heavy (non-hydrogen) atoms. The zero-order valence-electron chi connectivity index (χ0n) is 30.5. The molecule has 2 heterocycles. The SMILES string of the molecule is CN(Cc1ccccc1)c1ccc(N=Nc2nc[n+](C)n2C)cc1.CN(Cc1ccccc1)c1ccc(N=Nc2nc[n+](C)n2C)cc1.[Cl-].[Cl-].[Cl-].[Cl-].[Zn+2]. The third-order valence-corrected chi connectivity index (χ3v) is 7.82. The zero-order chi connectivity index (χ0) is 33.9. The van der Waals surface area contributed by atoms with E-state index >= 15 is 0 Å². The Labute approximate surface area is 349 Å². The maximum absolute atomic E-state index is 4.24. The topological polar surface area (TPSA) is 99.3 Å². The van der Waals surface area contributed by atoms with Crippen LogP contribution in [0.5, 0.6) is 0 Å². The molecule has 12 nitrogen and oxygen atoms in total. The first-order valence-electron chi connectivity index (χ1n) is 15.6. The summed E-state index contributed by atoms with van der Waals surface area (Å²) in [6.45, 7) is 1.73. The molecule has 0 spiro atoms. The molecule has 0 N–H and O–H groups in total. The molecule has 0 aliphatic rings. The summed E-state index contributed by atoms with van der Waals surface area (Å²) < 4.78 is 7.34. The number of aromatic nitrogens is 6. The fourth-order valence-electron chi connectivity index (χ4n) is 4.71. The van der Waals surface area contributed by atoms with E-state index in [1.54, 1.807) is 12.7 Å². The van der Waals surface area contributed by atoms with Crippen molar-refractivity contribution in [3.63, 3.8) is 0 Å². The number of rotatable bonds is 10. The van der Waals surface area contributed by atoms with Crippen molar-refractivity contribution >= 4 is 34.6 Å². The predicted molar refractivity (Wildman–Crippen MR) is 187 cm³/mol. The summed E-state index contributed by atoms with van der Waals surface area (Å²) in [6, 6.07) is 36.9. The summed E-state index contributed by atoms with van der Waals surface area (Å²) in [4.78, 5) is 12.8. The Morgan fingerprint density at radius 2 is 0.830 bits per heavy atom. The van der Waals surface area contributed by atoms with Crippen molar-refractivity contribution in [1.29, 1.82) is 0 Å². The molecule has 0 fully saturated rings. The van der Waals surface area contributed by atoms with Crippen molar-refractivity contribution in [2.75, 3.05) is 23.9 Å². The molecule has 17 heteroatoms. The first-order valence-corrected chi connectivity index (χ1v) is 15.6. The fraction of sp³-hybridized carbons (Fsp3) is 0.222. The van der Waals surface area contributed by atoms with Crippen LogP contribution in [-0.2, 0) is 60.8 Å². The molecule has 0 radical (unpaired) electrons. The minimum Gasteiger partial charge on any atom is -1.00 e. The summed E-state index contributed by atoms with van der Waals surface area (Å²) >= 11 is 0. The van der Waals surface area contributed by atoms with Gasteiger partial charge in [-0.3, -0.25) is 0 Å². The van der Waals surface area contributed by atoms with Crippen LogP contribution < -0.4 is 68.8 Å². The van der Waals surface area contributed by atoms with Crippen molar-refractivity contribution in [2.24, 2.45) is 48.6 Å². The van der Waals surface area contributed by atoms with E-state index in [-0.39, 0.29) is 69.1 Å². The molecule has 0 bridgehead atoms. The Morgan fingerprint density at radius 1 is 0.509 bits per heavy atom. The summed E-state index contributed by atoms with van der Waals surface area (Å²) in [5.41, 5.74) is 6.45. The van der Waals surface area contributed by atoms with E-state index in [9.17, 15) is 0 Å². The Morgan fingerprint density at radius 3 is 1.11 bits per heavy atom. The first-order chi connectivity index (χ1) is 23.3. The Bertz CT molecular complexity index is 1810. The minimum absolute atomic E-state index is 0. The van der Waals surface area contributed by atoms with Crippen molar-refractivity contribution in [3.05, 3.63) is 133 Å². The van der Waals surface area contributed by atoms with Crippen molar-refractivity contribution in [1.82, 2.24) is 19.3 Å². The number of aryl methyl sites for hydroxylation is 2. The molecule has 6 rings (SSSR count). The number of nitrogens with zero attached hydrogens (tertiary/aromatic N) is 12. The van der Waals surface area contributed by atoms with Crippen molar-refractivity contribution < 1.29 is 78.5 Å². The second-order valence-corrected chi connectivity index (χ2v) is 11.4. The average molecular weight is 850 g/mol. The molecule has 0 unspecified atom stereocenters. The smallest absolute Gasteiger partial charge is 1.00 e. The van der Waals surface area contributed by atoms with Gasteiger partial charge < -0.3 is 59.4 Å². The van der Waals surface area contributed by atoms with Gasteiger partial charge in [-0.25, -0.2) is 0 Å². The maximum Gasteiger partial charge on any atom is 2.00 e. The normalized spacial score (nSPS) is 10.1. The Kier molecular flexibility index (Phi) is 22.2. The van der Waals surface area contributed by atoms with Gasteiger partial charge in [0.25, 0.3) is 0 Å². The summed E-state index contributed by atoms with van der Waals surface area (Å²) in [5.74, 6) is 1.14. The van der Waals surface area contributed by atoms with E-state index < -0.39 is 0 Å². The third kappa shape index (κ3) is 14.2. The van der Waals surface area contributed by atoms with Crippen LogP contribution in [0.25, 0.3) is 0 Å². The maximum atomic E-state index is 4.24. The monoisotopic (exact) mass is 846 g/mol. The number of hydrogen-bond donors (Lipinski definition) is 0. The first kappa shape index (κ1) is 48.7. The van der Waals surface area contributed by atoms with Crippen LogP contribution in [-0.4, -0.2) is 33.4 Å². The van der Waals surface area contributed by atoms with Gasteiger partial charge in [-0.1, -0.05) is 70.9 Å². The second-order valence-electron chi connectivity index (χ2n) is 11.4. The molecular formula is C36H42Cl4N12Zn. The fourth-order valence-corrected chi connectivity index (χ4v) is 4.71. The standard InChI is InChI=1S/2C18H21N6.4ClH.Zn/c2*1-22(13-15-7-5-4-6-8-15)17-11-9-16(10-12-17)20-21-18-19-14-23(2)24(18)3;;;;;/h2*4-12,14H,13H2,1-3H3;4*1H;/q2*+1;;;;;+2/p-4. The van der Waals surface area contributed by atoms with E-state index in [0.717, 1.165) is 35.8 Å². The van der Waals surface area contributed by atoms with E-state index in [1.165, 1.54) is 11.1 Å². The second kappa shape index (κ2) is 24.1. The molecule has 0 saturated heterocycles. The molecule has 276 valence electrons. The quantitative estimate of drug-likeness (QED) is 0.0782. The van der Waals surface area contributed by atoms with Gasteiger partial charge in [-0.05, 0) is 69.6 Å². The van der Waals surface area contributed by atoms with E-state index in [4.69, 9.17) is 0 Å². The van der Waals surface area contributed by atoms with Crippen LogP contribution in [0.1, 0.15) is 11.1 Å². The van der Waals surface area contributed by atoms with Gasteiger partial charge in [-0.15, -0.1) is 10.2 Å². The van der Waals surface area contributed by atoms with Crippen LogP contribution in [0.3, 0.4) is 0 Å². The third-order valence-electron chi connectivity index (χ3n) is 7.82. The van der Waals surface area contributed by atoms with Gasteiger partial charge in [-0.2, -0.15) is 18.7 Å². The largest absolute Gasteiger partial charge is 2.00 e. The number of hydrogen-bond acceptors (Lipinski definition) is 8.